The van der Waals surface area contributed by atoms with Gasteiger partial charge in [-0.2, -0.15) is 0 Å². The topological polar surface area (TPSA) is 74.8 Å². The number of guanidine groups is 1. The van der Waals surface area contributed by atoms with Gasteiger partial charge in [0.2, 0.25) is 0 Å². The van der Waals surface area contributed by atoms with Crippen molar-refractivity contribution in [2.24, 2.45) is 10.9 Å². The number of nitrogens with zero attached hydrogens (tertiary/aromatic N) is 1. The zero-order chi connectivity index (χ0) is 14.5. The molecule has 1 amide bonds. The molecule has 0 aromatic carbocycles. The van der Waals surface area contributed by atoms with Gasteiger partial charge >= 0.3 is 6.09 Å². The van der Waals surface area contributed by atoms with Crippen LogP contribution in [-0.4, -0.2) is 44.3 Å². The SMILES string of the molecule is CN=C(NC)NCC(NC(=O)OC(C)(C)C)C1CC1.I. The van der Waals surface area contributed by atoms with Gasteiger partial charge in [0.25, 0.3) is 0 Å². The lowest BCUT2D eigenvalue weighted by molar-refractivity contribution is 0.0498. The number of hydrogen-bond acceptors (Lipinski definition) is 3. The van der Waals surface area contributed by atoms with Crippen LogP contribution in [-0.2, 0) is 4.74 Å². The van der Waals surface area contributed by atoms with Gasteiger partial charge in [-0.25, -0.2) is 4.79 Å². The van der Waals surface area contributed by atoms with Crippen molar-refractivity contribution in [1.29, 1.82) is 0 Å². The molecule has 1 atom stereocenters. The molecule has 1 saturated carbocycles. The van der Waals surface area contributed by atoms with Crippen molar-refractivity contribution < 1.29 is 9.53 Å². The first-order chi connectivity index (χ1) is 8.85. The summed E-state index contributed by atoms with van der Waals surface area (Å²) < 4.78 is 5.28. The molecule has 118 valence electrons. The van der Waals surface area contributed by atoms with E-state index in [9.17, 15) is 4.79 Å². The third-order valence-corrected chi connectivity index (χ3v) is 2.84. The van der Waals surface area contributed by atoms with Gasteiger partial charge in [0.1, 0.15) is 5.60 Å². The second-order valence-electron chi connectivity index (χ2n) is 5.79. The number of rotatable bonds is 4. The molecule has 6 nitrogen and oxygen atoms in total. The van der Waals surface area contributed by atoms with Gasteiger partial charge in [-0.15, -0.1) is 24.0 Å². The first-order valence-electron chi connectivity index (χ1n) is 6.73. The minimum Gasteiger partial charge on any atom is -0.444 e. The van der Waals surface area contributed by atoms with E-state index in [4.69, 9.17) is 4.74 Å². The molecule has 0 spiro atoms. The number of alkyl carbamates (subject to hydrolysis) is 1. The van der Waals surface area contributed by atoms with E-state index in [-0.39, 0.29) is 36.1 Å². The van der Waals surface area contributed by atoms with Crippen LogP contribution in [0, 0.1) is 5.92 Å². The van der Waals surface area contributed by atoms with E-state index in [1.54, 1.807) is 7.05 Å². The lowest BCUT2D eigenvalue weighted by Crippen LogP contribution is -2.48. The van der Waals surface area contributed by atoms with Crippen molar-refractivity contribution in [3.05, 3.63) is 0 Å². The highest BCUT2D eigenvalue weighted by molar-refractivity contribution is 14.0. The Morgan fingerprint density at radius 1 is 1.40 bits per heavy atom. The minimum absolute atomic E-state index is 0. The molecule has 0 saturated heterocycles. The third kappa shape index (κ3) is 7.76. The lowest BCUT2D eigenvalue weighted by atomic mass is 10.2. The summed E-state index contributed by atoms with van der Waals surface area (Å²) in [5, 5.41) is 9.06. The lowest BCUT2D eigenvalue weighted by Gasteiger charge is -2.24. The molecule has 3 N–H and O–H groups in total. The number of carbonyl (C=O) groups excluding carboxylic acids is 1. The maximum atomic E-state index is 11.8. The Kier molecular flexibility index (Phi) is 8.22. The zero-order valence-corrected chi connectivity index (χ0v) is 15.3. The van der Waals surface area contributed by atoms with Crippen molar-refractivity contribution in [3.63, 3.8) is 0 Å². The highest BCUT2D eigenvalue weighted by Crippen LogP contribution is 2.32. The van der Waals surface area contributed by atoms with Crippen LogP contribution in [0.25, 0.3) is 0 Å². The van der Waals surface area contributed by atoms with Gasteiger partial charge < -0.3 is 20.7 Å². The smallest absolute Gasteiger partial charge is 0.407 e. The summed E-state index contributed by atoms with van der Waals surface area (Å²) in [5.74, 6) is 1.26. The predicted molar refractivity (Wildman–Crippen MR) is 91.7 cm³/mol. The molecule has 1 fully saturated rings. The summed E-state index contributed by atoms with van der Waals surface area (Å²) in [6.07, 6.45) is 1.95. The monoisotopic (exact) mass is 398 g/mol. The molecule has 0 aromatic rings. The fourth-order valence-corrected chi connectivity index (χ4v) is 1.78. The molecule has 0 radical (unpaired) electrons. The standard InChI is InChI=1S/C13H26N4O2.HI/c1-13(2,3)19-12(18)17-10(9-6-7-9)8-16-11(14-4)15-5;/h9-10H,6-8H2,1-5H3,(H,17,18)(H2,14,15,16);1H. The van der Waals surface area contributed by atoms with Crippen LogP contribution < -0.4 is 16.0 Å². The Morgan fingerprint density at radius 2 is 2.00 bits per heavy atom. The van der Waals surface area contributed by atoms with Crippen molar-refractivity contribution in [2.75, 3.05) is 20.6 Å². The second kappa shape index (κ2) is 8.53. The maximum Gasteiger partial charge on any atom is 0.407 e. The van der Waals surface area contributed by atoms with Crippen LogP contribution in [0.3, 0.4) is 0 Å². The number of nitrogens with one attached hydrogen (secondary N) is 3. The van der Waals surface area contributed by atoms with Crippen molar-refractivity contribution in [3.8, 4) is 0 Å². The highest BCUT2D eigenvalue weighted by Gasteiger charge is 2.33. The zero-order valence-electron chi connectivity index (χ0n) is 12.9. The van der Waals surface area contributed by atoms with E-state index >= 15 is 0 Å². The van der Waals surface area contributed by atoms with Crippen molar-refractivity contribution >= 4 is 36.0 Å². The summed E-state index contributed by atoms with van der Waals surface area (Å²) >= 11 is 0. The predicted octanol–water partition coefficient (Wildman–Crippen LogP) is 1.70. The fraction of sp³-hybridized carbons (Fsp3) is 0.846. The van der Waals surface area contributed by atoms with Gasteiger partial charge in [0.05, 0.1) is 6.04 Å². The van der Waals surface area contributed by atoms with E-state index in [1.165, 1.54) is 0 Å². The molecule has 1 aliphatic carbocycles. The Hall–Kier alpha value is -0.730. The molecule has 0 bridgehead atoms. The summed E-state index contributed by atoms with van der Waals surface area (Å²) in [6.45, 7) is 6.23. The first-order valence-corrected chi connectivity index (χ1v) is 6.73. The number of halogens is 1. The Morgan fingerprint density at radius 3 is 2.40 bits per heavy atom. The number of amides is 1. The average Bonchev–Trinajstić information content (AvgIpc) is 3.10. The number of aliphatic imine (C=N–C) groups is 1. The summed E-state index contributed by atoms with van der Waals surface area (Å²) in [4.78, 5) is 15.8. The molecule has 0 aliphatic heterocycles. The first kappa shape index (κ1) is 19.3. The Bertz CT molecular complexity index is 338. The molecular formula is C13H27IN4O2. The summed E-state index contributed by atoms with van der Waals surface area (Å²) in [7, 11) is 3.52. The highest BCUT2D eigenvalue weighted by atomic mass is 127. The quantitative estimate of drug-likeness (QED) is 0.383. The third-order valence-electron chi connectivity index (χ3n) is 2.84. The van der Waals surface area contributed by atoms with Gasteiger partial charge in [-0.05, 0) is 39.5 Å². The summed E-state index contributed by atoms with van der Waals surface area (Å²) in [6, 6.07) is 0.0833. The van der Waals surface area contributed by atoms with Gasteiger partial charge in [-0.3, -0.25) is 4.99 Å². The molecule has 7 heteroatoms. The normalized spacial score (nSPS) is 16.8. The van der Waals surface area contributed by atoms with Crippen molar-refractivity contribution in [2.45, 2.75) is 45.3 Å². The Balaban J connectivity index is 0.00000361. The van der Waals surface area contributed by atoms with Crippen LogP contribution in [0.1, 0.15) is 33.6 Å². The molecule has 0 heterocycles. The van der Waals surface area contributed by atoms with Gasteiger partial charge in [0.15, 0.2) is 5.96 Å². The molecule has 1 rings (SSSR count). The number of ether oxygens (including phenoxy) is 1. The van der Waals surface area contributed by atoms with E-state index in [1.807, 2.05) is 27.8 Å². The van der Waals surface area contributed by atoms with E-state index in [0.29, 0.717) is 12.5 Å². The number of hydrogen-bond donors (Lipinski definition) is 3. The average molecular weight is 398 g/mol. The molecule has 1 unspecified atom stereocenters. The van der Waals surface area contributed by atoms with Gasteiger partial charge in [0, 0.05) is 20.6 Å². The Labute approximate surface area is 138 Å². The van der Waals surface area contributed by atoms with Gasteiger partial charge in [-0.1, -0.05) is 0 Å². The van der Waals surface area contributed by atoms with Crippen LogP contribution in [0.4, 0.5) is 4.79 Å². The minimum atomic E-state index is -0.466. The van der Waals surface area contributed by atoms with Crippen molar-refractivity contribution in [1.82, 2.24) is 16.0 Å². The number of carbonyl (C=O) groups is 1. The maximum absolute atomic E-state index is 11.8. The molecular weight excluding hydrogens is 371 g/mol. The molecule has 1 aliphatic rings. The van der Waals surface area contributed by atoms with Crippen LogP contribution in [0.5, 0.6) is 0 Å². The van der Waals surface area contributed by atoms with E-state index in [2.05, 4.69) is 20.9 Å². The molecule has 0 aromatic heterocycles. The summed E-state index contributed by atoms with van der Waals surface area (Å²) in [5.41, 5.74) is -0.466. The second-order valence-corrected chi connectivity index (χ2v) is 5.79. The van der Waals surface area contributed by atoms with Crippen LogP contribution in [0.2, 0.25) is 0 Å². The largest absolute Gasteiger partial charge is 0.444 e. The van der Waals surface area contributed by atoms with E-state index < -0.39 is 5.60 Å². The molecule has 20 heavy (non-hydrogen) atoms. The van der Waals surface area contributed by atoms with Crippen LogP contribution >= 0.6 is 24.0 Å². The van der Waals surface area contributed by atoms with E-state index in [0.717, 1.165) is 18.8 Å². The van der Waals surface area contributed by atoms with Crippen LogP contribution in [0.15, 0.2) is 4.99 Å². The fourth-order valence-electron chi connectivity index (χ4n) is 1.78.